The van der Waals surface area contributed by atoms with E-state index in [1.165, 1.54) is 0 Å². The summed E-state index contributed by atoms with van der Waals surface area (Å²) in [5, 5.41) is 22.5. The number of phenols is 2. The lowest BCUT2D eigenvalue weighted by Crippen LogP contribution is -2.26. The lowest BCUT2D eigenvalue weighted by molar-refractivity contribution is 0.460. The van der Waals surface area contributed by atoms with Crippen LogP contribution in [0.1, 0.15) is 22.3 Å². The summed E-state index contributed by atoms with van der Waals surface area (Å²) in [4.78, 5) is 3.88. The number of aromatic nitrogens is 5. The van der Waals surface area contributed by atoms with Gasteiger partial charge in [0.1, 0.15) is 33.7 Å². The highest BCUT2D eigenvalue weighted by molar-refractivity contribution is 5.80. The lowest BCUT2D eigenvalue weighted by Gasteiger charge is -2.25. The highest BCUT2D eigenvalue weighted by Gasteiger charge is 2.26. The van der Waals surface area contributed by atoms with Crippen molar-refractivity contribution in [2.75, 3.05) is 5.43 Å². The molecule has 0 spiro atoms. The summed E-state index contributed by atoms with van der Waals surface area (Å²) < 4.78 is 6.05. The molecule has 7 rings (SSSR count). The van der Waals surface area contributed by atoms with Gasteiger partial charge in [-0.1, -0.05) is 36.4 Å². The summed E-state index contributed by atoms with van der Waals surface area (Å²) in [5.74, 6) is 0.389. The van der Waals surface area contributed by atoms with Gasteiger partial charge in [-0.15, -0.1) is 14.1 Å². The van der Waals surface area contributed by atoms with E-state index in [9.17, 15) is 10.2 Å². The molecular weight excluding hydrogens is 452 g/mol. The molecule has 0 atom stereocenters. The summed E-state index contributed by atoms with van der Waals surface area (Å²) in [6.07, 6.45) is 0.399. The Morgan fingerprint density at radius 2 is 1.25 bits per heavy atom. The maximum atomic E-state index is 11.3. The van der Waals surface area contributed by atoms with Crippen LogP contribution in [0.25, 0.3) is 27.8 Å². The first-order chi connectivity index (χ1) is 17.4. The summed E-state index contributed by atoms with van der Waals surface area (Å²) >= 11 is 0. The lowest BCUT2D eigenvalue weighted by atomic mass is 9.98. The number of anilines is 1. The van der Waals surface area contributed by atoms with E-state index in [-0.39, 0.29) is 11.5 Å². The van der Waals surface area contributed by atoms with Crippen LogP contribution in [0, 0.1) is 13.8 Å². The third kappa shape index (κ3) is 2.81. The van der Waals surface area contributed by atoms with Crippen LogP contribution in [0.15, 0.2) is 72.8 Å². The van der Waals surface area contributed by atoms with Crippen LogP contribution < -0.4 is 5.43 Å². The van der Waals surface area contributed by atoms with E-state index in [2.05, 4.69) is 23.6 Å². The van der Waals surface area contributed by atoms with Gasteiger partial charge in [0, 0.05) is 24.6 Å². The van der Waals surface area contributed by atoms with Crippen LogP contribution in [0.5, 0.6) is 11.5 Å². The molecule has 3 aromatic heterocycles. The van der Waals surface area contributed by atoms with E-state index in [0.717, 1.165) is 50.0 Å². The summed E-state index contributed by atoms with van der Waals surface area (Å²) in [7, 11) is 1.97. The zero-order chi connectivity index (χ0) is 24.7. The predicted molar refractivity (Wildman–Crippen MR) is 141 cm³/mol. The Morgan fingerprint density at radius 3 is 1.92 bits per heavy atom. The number of hydrogen-bond acceptors (Lipinski definition) is 3. The summed E-state index contributed by atoms with van der Waals surface area (Å²) in [6.45, 7) is 4.03. The van der Waals surface area contributed by atoms with Gasteiger partial charge in [-0.2, -0.15) is 4.79 Å². The molecule has 180 valence electrons. The van der Waals surface area contributed by atoms with Gasteiger partial charge in [-0.25, -0.2) is 0 Å². The number of aromatic hydroxyl groups is 2. The Hall–Kier alpha value is -4.72. The van der Waals surface area contributed by atoms with Crippen molar-refractivity contribution in [3.8, 4) is 17.2 Å². The molecule has 0 unspecified atom stereocenters. The Labute approximate surface area is 206 Å². The van der Waals surface area contributed by atoms with Gasteiger partial charge in [0.05, 0.1) is 11.2 Å². The minimum atomic E-state index is 0.174. The zero-order valence-electron chi connectivity index (χ0n) is 20.3. The van der Waals surface area contributed by atoms with Gasteiger partial charge in [-0.3, -0.25) is 10.1 Å². The monoisotopic (exact) mass is 478 g/mol. The van der Waals surface area contributed by atoms with Crippen molar-refractivity contribution in [2.24, 2.45) is 7.05 Å². The maximum Gasteiger partial charge on any atom is 0.146 e. The topological polar surface area (TPSA) is 76.1 Å². The summed E-state index contributed by atoms with van der Waals surface area (Å²) in [6, 6.07) is 24.1. The molecule has 3 heterocycles. The van der Waals surface area contributed by atoms with Gasteiger partial charge in [0.2, 0.25) is 0 Å². The van der Waals surface area contributed by atoms with Crippen molar-refractivity contribution >= 4 is 27.8 Å². The number of benzene rings is 4. The molecule has 8 nitrogen and oxygen atoms in total. The SMILES string of the molecule is Cc1cc(Cc2cc(C)cc(-n3n4c5ccccc5n34)c2O)c(O)c(Nn2c3ccccc3n2C)c1. The second-order valence-corrected chi connectivity index (χ2v) is 9.58. The molecule has 7 aromatic rings. The fourth-order valence-electron chi connectivity index (χ4n) is 5.29. The molecule has 0 aliphatic carbocycles. The second kappa shape index (κ2) is 7.14. The van der Waals surface area contributed by atoms with Crippen molar-refractivity contribution in [3.63, 3.8) is 0 Å². The van der Waals surface area contributed by atoms with E-state index in [1.54, 1.807) is 0 Å². The number of nitrogens with one attached hydrogen (secondary N) is 1. The van der Waals surface area contributed by atoms with E-state index in [4.69, 9.17) is 0 Å². The first-order valence-corrected chi connectivity index (χ1v) is 12.0. The molecule has 0 radical (unpaired) electrons. The molecule has 0 saturated heterocycles. The Bertz CT molecular complexity index is 1870. The average molecular weight is 479 g/mol. The summed E-state index contributed by atoms with van der Waals surface area (Å²) in [5.41, 5.74) is 12.7. The molecule has 0 fully saturated rings. The van der Waals surface area contributed by atoms with Gasteiger partial charge in [0.25, 0.3) is 0 Å². The standard InChI is InChI=1S/C28H26N6O2/c1-17-12-19(27(35)21(14-17)29-31-23-9-5-4-8-22(23)30(31)3)16-20-13-18(2)15-26(28(20)36)34-32-24-10-6-7-11-25(24)33(32)34/h4-15,29,35-36H,16H2,1-3H3. The minimum absolute atomic E-state index is 0.174. The molecule has 0 saturated carbocycles. The van der Waals surface area contributed by atoms with Crippen molar-refractivity contribution in [1.82, 2.24) is 23.5 Å². The normalized spacial score (nSPS) is 12.1. The number of para-hydroxylation sites is 4. The molecule has 0 aliphatic rings. The fraction of sp³-hybridized carbons (Fsp3) is 0.143. The van der Waals surface area contributed by atoms with Crippen molar-refractivity contribution in [2.45, 2.75) is 20.3 Å². The van der Waals surface area contributed by atoms with E-state index in [0.29, 0.717) is 12.1 Å². The van der Waals surface area contributed by atoms with Gasteiger partial charge < -0.3 is 10.2 Å². The van der Waals surface area contributed by atoms with Crippen molar-refractivity contribution in [3.05, 3.63) is 95.1 Å². The van der Waals surface area contributed by atoms with Crippen LogP contribution in [0.4, 0.5) is 5.69 Å². The number of aryl methyl sites for hydroxylation is 3. The van der Waals surface area contributed by atoms with Crippen LogP contribution in [0.2, 0.25) is 0 Å². The third-order valence-electron chi connectivity index (χ3n) is 7.05. The molecule has 4 aromatic carbocycles. The van der Waals surface area contributed by atoms with Crippen LogP contribution in [0.3, 0.4) is 0 Å². The van der Waals surface area contributed by atoms with Gasteiger partial charge >= 0.3 is 0 Å². The molecule has 36 heavy (non-hydrogen) atoms. The predicted octanol–water partition coefficient (Wildman–Crippen LogP) is 5.21. The van der Waals surface area contributed by atoms with Crippen LogP contribution in [-0.2, 0) is 13.5 Å². The zero-order valence-corrected chi connectivity index (χ0v) is 20.3. The quantitative estimate of drug-likeness (QED) is 0.297. The molecular formula is C28H26N6O2. The molecule has 3 N–H and O–H groups in total. The molecule has 0 aliphatic heterocycles. The van der Waals surface area contributed by atoms with Crippen molar-refractivity contribution in [1.29, 1.82) is 0 Å². The van der Waals surface area contributed by atoms with Gasteiger partial charge in [0.15, 0.2) is 0 Å². The Morgan fingerprint density at radius 1 is 0.694 bits per heavy atom. The number of rotatable bonds is 5. The smallest absolute Gasteiger partial charge is 0.146 e. The first kappa shape index (κ1) is 20.6. The number of phenolic OH excluding ortho intramolecular Hbond substituents is 2. The molecule has 8 heteroatoms. The highest BCUT2D eigenvalue weighted by Crippen LogP contribution is 2.37. The van der Waals surface area contributed by atoms with E-state index >= 15 is 0 Å². The maximum absolute atomic E-state index is 11.3. The Balaban J connectivity index is 1.26. The average Bonchev–Trinajstić information content (AvgIpc) is 3.53. The number of fused-ring (bicyclic) bond motifs is 5. The van der Waals surface area contributed by atoms with Crippen LogP contribution >= 0.6 is 0 Å². The second-order valence-electron chi connectivity index (χ2n) is 9.58. The van der Waals surface area contributed by atoms with E-state index in [1.807, 2.05) is 99.0 Å². The third-order valence-corrected chi connectivity index (χ3v) is 7.05. The number of nitrogens with zero attached hydrogens (tertiary/aromatic N) is 5. The van der Waals surface area contributed by atoms with Crippen molar-refractivity contribution < 1.29 is 10.2 Å². The largest absolute Gasteiger partial charge is 0.505 e. The minimum Gasteiger partial charge on any atom is -0.505 e. The van der Waals surface area contributed by atoms with Crippen LogP contribution in [-0.4, -0.2) is 33.7 Å². The molecule has 0 bridgehead atoms. The highest BCUT2D eigenvalue weighted by atomic mass is 16.3. The number of hydrogen-bond donors (Lipinski definition) is 3. The van der Waals surface area contributed by atoms with E-state index < -0.39 is 0 Å². The van der Waals surface area contributed by atoms with Gasteiger partial charge in [-0.05, 0) is 61.4 Å². The fourth-order valence-corrected chi connectivity index (χ4v) is 5.29. The Kier molecular flexibility index (Phi) is 4.10. The first-order valence-electron chi connectivity index (χ1n) is 12.0. The molecule has 0 amide bonds.